The molecule has 0 saturated heterocycles. The Morgan fingerprint density at radius 2 is 1.88 bits per heavy atom. The number of pyridine rings is 2. The number of nitrogens with zero attached hydrogens (tertiary/aromatic N) is 3. The Bertz CT molecular complexity index is 915. The lowest BCUT2D eigenvalue weighted by atomic mass is 10.2. The molecule has 3 aromatic rings. The molecule has 0 atom stereocenters. The molecule has 0 radical (unpaired) electrons. The molecule has 0 aromatic carbocycles. The van der Waals surface area contributed by atoms with Crippen LogP contribution in [0.15, 0.2) is 35.5 Å². The Morgan fingerprint density at radius 3 is 2.52 bits per heavy atom. The maximum Gasteiger partial charge on any atom is 0.215 e. The Morgan fingerprint density at radius 1 is 1.12 bits per heavy atom. The predicted molar refractivity (Wildman–Crippen MR) is 102 cm³/mol. The number of fused-ring (bicyclic) bond motifs is 1. The summed E-state index contributed by atoms with van der Waals surface area (Å²) >= 11 is 1.75. The molecular formula is C18H22N4O2S. The van der Waals surface area contributed by atoms with Gasteiger partial charge in [-0.05, 0) is 6.07 Å². The Hall–Kier alpha value is -2.41. The maximum atomic E-state index is 5.90. The molecular weight excluding hydrogens is 336 g/mol. The summed E-state index contributed by atoms with van der Waals surface area (Å²) in [6.07, 6.45) is 3.87. The minimum Gasteiger partial charge on any atom is -0.495 e. The maximum absolute atomic E-state index is 5.90. The molecule has 0 unspecified atom stereocenters. The molecule has 7 heteroatoms. The normalized spacial score (nSPS) is 11.7. The van der Waals surface area contributed by atoms with Crippen molar-refractivity contribution in [3.8, 4) is 22.9 Å². The average molecular weight is 358 g/mol. The summed E-state index contributed by atoms with van der Waals surface area (Å²) in [6, 6.07) is 5.60. The fourth-order valence-electron chi connectivity index (χ4n) is 2.54. The third-order valence-corrected chi connectivity index (χ3v) is 4.68. The van der Waals surface area contributed by atoms with Crippen molar-refractivity contribution in [2.24, 2.45) is 0 Å². The van der Waals surface area contributed by atoms with E-state index in [0.29, 0.717) is 11.7 Å². The van der Waals surface area contributed by atoms with Crippen molar-refractivity contribution in [1.82, 2.24) is 14.4 Å². The molecule has 0 amide bonds. The zero-order valence-electron chi connectivity index (χ0n) is 15.0. The number of nitrogen functional groups attached to an aromatic ring is 1. The smallest absolute Gasteiger partial charge is 0.215 e. The highest BCUT2D eigenvalue weighted by atomic mass is 32.2. The van der Waals surface area contributed by atoms with Crippen LogP contribution in [0, 0.1) is 0 Å². The fourth-order valence-corrected chi connectivity index (χ4v) is 3.61. The van der Waals surface area contributed by atoms with Gasteiger partial charge in [-0.1, -0.05) is 20.8 Å². The summed E-state index contributed by atoms with van der Waals surface area (Å²) in [4.78, 5) is 9.69. The first-order chi connectivity index (χ1) is 11.8. The van der Waals surface area contributed by atoms with E-state index in [1.54, 1.807) is 26.0 Å². The first-order valence-corrected chi connectivity index (χ1v) is 8.68. The highest BCUT2D eigenvalue weighted by molar-refractivity contribution is 8.00. The SMILES string of the molecule is COc1cc(-c2cnc3cc(OC)c(SC(C)(C)C)cn23)cc(N)n1. The van der Waals surface area contributed by atoms with Gasteiger partial charge in [0.25, 0.3) is 0 Å². The van der Waals surface area contributed by atoms with E-state index in [9.17, 15) is 0 Å². The lowest BCUT2D eigenvalue weighted by Gasteiger charge is -2.19. The molecule has 6 nitrogen and oxygen atoms in total. The van der Waals surface area contributed by atoms with Gasteiger partial charge in [0.1, 0.15) is 17.2 Å². The third kappa shape index (κ3) is 3.66. The van der Waals surface area contributed by atoms with Gasteiger partial charge in [0, 0.05) is 28.6 Å². The molecule has 0 saturated carbocycles. The van der Waals surface area contributed by atoms with E-state index in [-0.39, 0.29) is 4.75 Å². The van der Waals surface area contributed by atoms with E-state index in [2.05, 4.69) is 36.9 Å². The van der Waals surface area contributed by atoms with Crippen molar-refractivity contribution in [3.05, 3.63) is 30.6 Å². The largest absolute Gasteiger partial charge is 0.495 e. The van der Waals surface area contributed by atoms with E-state index in [1.165, 1.54) is 0 Å². The van der Waals surface area contributed by atoms with Crippen molar-refractivity contribution in [2.75, 3.05) is 20.0 Å². The molecule has 0 aliphatic rings. The fraction of sp³-hybridized carbons (Fsp3) is 0.333. The van der Waals surface area contributed by atoms with E-state index < -0.39 is 0 Å². The van der Waals surface area contributed by atoms with Crippen LogP contribution in [0.4, 0.5) is 5.82 Å². The van der Waals surface area contributed by atoms with Gasteiger partial charge in [-0.3, -0.25) is 4.40 Å². The van der Waals surface area contributed by atoms with E-state index >= 15 is 0 Å². The Kier molecular flexibility index (Phi) is 4.51. The van der Waals surface area contributed by atoms with E-state index in [4.69, 9.17) is 15.2 Å². The van der Waals surface area contributed by atoms with Gasteiger partial charge < -0.3 is 15.2 Å². The molecule has 0 aliphatic heterocycles. The summed E-state index contributed by atoms with van der Waals surface area (Å²) in [5.41, 5.74) is 8.52. The summed E-state index contributed by atoms with van der Waals surface area (Å²) in [5, 5.41) is 0. The summed E-state index contributed by atoms with van der Waals surface area (Å²) in [7, 11) is 3.25. The molecule has 0 aliphatic carbocycles. The molecule has 3 heterocycles. The first-order valence-electron chi connectivity index (χ1n) is 7.87. The van der Waals surface area contributed by atoms with Crippen LogP contribution in [0.25, 0.3) is 16.9 Å². The van der Waals surface area contributed by atoms with Crippen LogP contribution >= 0.6 is 11.8 Å². The van der Waals surface area contributed by atoms with Crippen LogP contribution in [-0.2, 0) is 0 Å². The van der Waals surface area contributed by atoms with Crippen molar-refractivity contribution in [3.63, 3.8) is 0 Å². The molecule has 132 valence electrons. The van der Waals surface area contributed by atoms with Crippen LogP contribution in [-0.4, -0.2) is 33.3 Å². The summed E-state index contributed by atoms with van der Waals surface area (Å²) < 4.78 is 12.9. The predicted octanol–water partition coefficient (Wildman–Crippen LogP) is 3.89. The van der Waals surface area contributed by atoms with Gasteiger partial charge in [0.2, 0.25) is 5.88 Å². The van der Waals surface area contributed by atoms with Gasteiger partial charge in [-0.15, -0.1) is 11.8 Å². The number of rotatable bonds is 4. The van der Waals surface area contributed by atoms with Crippen LogP contribution in [0.3, 0.4) is 0 Å². The monoisotopic (exact) mass is 358 g/mol. The Balaban J connectivity index is 2.17. The zero-order chi connectivity index (χ0) is 18.2. The first kappa shape index (κ1) is 17.4. The topological polar surface area (TPSA) is 74.7 Å². The lowest BCUT2D eigenvalue weighted by molar-refractivity contribution is 0.399. The highest BCUT2D eigenvalue weighted by Gasteiger charge is 2.18. The quantitative estimate of drug-likeness (QED) is 0.713. The van der Waals surface area contributed by atoms with Crippen molar-refractivity contribution < 1.29 is 9.47 Å². The number of thioether (sulfide) groups is 1. The second-order valence-corrected chi connectivity index (χ2v) is 8.48. The number of anilines is 1. The number of hydrogen-bond acceptors (Lipinski definition) is 6. The number of nitrogens with two attached hydrogens (primary N) is 1. The molecule has 3 aromatic heterocycles. The van der Waals surface area contributed by atoms with Gasteiger partial charge in [-0.2, -0.15) is 4.98 Å². The molecule has 3 rings (SSSR count). The summed E-state index contributed by atoms with van der Waals surface area (Å²) in [6.45, 7) is 6.51. The van der Waals surface area contributed by atoms with E-state index in [1.807, 2.05) is 28.8 Å². The molecule has 0 bridgehead atoms. The lowest BCUT2D eigenvalue weighted by Crippen LogP contribution is -2.07. The molecule has 25 heavy (non-hydrogen) atoms. The highest BCUT2D eigenvalue weighted by Crippen LogP contribution is 2.39. The van der Waals surface area contributed by atoms with Gasteiger partial charge in [0.05, 0.1) is 31.0 Å². The second-order valence-electron chi connectivity index (χ2n) is 6.62. The standard InChI is InChI=1S/C18H22N4O2S/c1-18(2,3)25-14-10-22-12(9-20-16(22)8-13(14)23-4)11-6-15(19)21-17(7-11)24-5/h6-10H,1-5H3,(H2,19,21). The van der Waals surface area contributed by atoms with Crippen molar-refractivity contribution in [1.29, 1.82) is 0 Å². The van der Waals surface area contributed by atoms with Gasteiger partial charge in [0.15, 0.2) is 0 Å². The van der Waals surface area contributed by atoms with Crippen LogP contribution in [0.2, 0.25) is 0 Å². The number of imidazole rings is 1. The van der Waals surface area contributed by atoms with Crippen molar-refractivity contribution in [2.45, 2.75) is 30.4 Å². The molecule has 0 fully saturated rings. The number of aromatic nitrogens is 3. The van der Waals surface area contributed by atoms with Gasteiger partial charge in [-0.25, -0.2) is 4.98 Å². The van der Waals surface area contributed by atoms with Crippen molar-refractivity contribution >= 4 is 23.2 Å². The van der Waals surface area contributed by atoms with Crippen LogP contribution in [0.1, 0.15) is 20.8 Å². The molecule has 0 spiro atoms. The number of ether oxygens (including phenoxy) is 2. The minimum atomic E-state index is 0.0615. The Labute approximate surface area is 151 Å². The zero-order valence-corrected chi connectivity index (χ0v) is 15.8. The number of methoxy groups -OCH3 is 2. The number of hydrogen-bond donors (Lipinski definition) is 1. The third-order valence-electron chi connectivity index (χ3n) is 3.54. The molecule has 2 N–H and O–H groups in total. The summed E-state index contributed by atoms with van der Waals surface area (Å²) in [5.74, 6) is 1.70. The average Bonchev–Trinajstić information content (AvgIpc) is 2.94. The van der Waals surface area contributed by atoms with Gasteiger partial charge >= 0.3 is 0 Å². The minimum absolute atomic E-state index is 0.0615. The van der Waals surface area contributed by atoms with E-state index in [0.717, 1.165) is 27.5 Å². The second kappa shape index (κ2) is 6.48. The van der Waals surface area contributed by atoms with Crippen LogP contribution in [0.5, 0.6) is 11.6 Å². The van der Waals surface area contributed by atoms with Crippen LogP contribution < -0.4 is 15.2 Å².